The SMILES string of the molecule is CCNc1ncc(Cl)c(NC(C)CC(C)CC)n1. The largest absolute Gasteiger partial charge is 0.366 e. The van der Waals surface area contributed by atoms with Gasteiger partial charge in [-0.15, -0.1) is 0 Å². The van der Waals surface area contributed by atoms with Crippen LogP contribution < -0.4 is 10.6 Å². The van der Waals surface area contributed by atoms with E-state index in [9.17, 15) is 0 Å². The minimum Gasteiger partial charge on any atom is -0.366 e. The van der Waals surface area contributed by atoms with Crippen LogP contribution in [-0.2, 0) is 0 Å². The average molecular weight is 271 g/mol. The van der Waals surface area contributed by atoms with Crippen molar-refractivity contribution in [3.8, 4) is 0 Å². The highest BCUT2D eigenvalue weighted by molar-refractivity contribution is 6.32. The van der Waals surface area contributed by atoms with Crippen molar-refractivity contribution in [2.45, 2.75) is 46.6 Å². The number of aromatic nitrogens is 2. The number of hydrogen-bond acceptors (Lipinski definition) is 4. The Labute approximate surface area is 115 Å². The molecule has 1 aromatic heterocycles. The Hall–Kier alpha value is -1.03. The fourth-order valence-corrected chi connectivity index (χ4v) is 1.92. The molecule has 2 N–H and O–H groups in total. The molecule has 0 saturated carbocycles. The second kappa shape index (κ2) is 7.41. The van der Waals surface area contributed by atoms with Gasteiger partial charge in [0, 0.05) is 12.6 Å². The summed E-state index contributed by atoms with van der Waals surface area (Å²) in [5, 5.41) is 6.99. The molecule has 1 aromatic rings. The van der Waals surface area contributed by atoms with E-state index in [1.54, 1.807) is 6.20 Å². The zero-order valence-corrected chi connectivity index (χ0v) is 12.4. The summed E-state index contributed by atoms with van der Waals surface area (Å²) in [5.74, 6) is 2.01. The van der Waals surface area contributed by atoms with Crippen molar-refractivity contribution < 1.29 is 0 Å². The maximum absolute atomic E-state index is 6.10. The van der Waals surface area contributed by atoms with E-state index in [2.05, 4.69) is 41.4 Å². The molecule has 0 aliphatic heterocycles. The summed E-state index contributed by atoms with van der Waals surface area (Å²) in [6, 6.07) is 0.349. The predicted octanol–water partition coefficient (Wildman–Crippen LogP) is 3.80. The summed E-state index contributed by atoms with van der Waals surface area (Å²) in [7, 11) is 0. The molecule has 0 saturated heterocycles. The second-order valence-corrected chi connectivity index (χ2v) is 5.12. The van der Waals surface area contributed by atoms with Crippen LogP contribution in [0.1, 0.15) is 40.5 Å². The fourth-order valence-electron chi connectivity index (χ4n) is 1.77. The van der Waals surface area contributed by atoms with Gasteiger partial charge in [0.2, 0.25) is 5.95 Å². The highest BCUT2D eigenvalue weighted by Crippen LogP contribution is 2.22. The molecule has 2 atom stereocenters. The highest BCUT2D eigenvalue weighted by atomic mass is 35.5. The third-order valence-electron chi connectivity index (χ3n) is 2.91. The van der Waals surface area contributed by atoms with Gasteiger partial charge in [-0.05, 0) is 26.2 Å². The van der Waals surface area contributed by atoms with Crippen LogP contribution >= 0.6 is 11.6 Å². The van der Waals surface area contributed by atoms with Crippen LogP contribution in [0.25, 0.3) is 0 Å². The highest BCUT2D eigenvalue weighted by Gasteiger charge is 2.11. The Bertz CT molecular complexity index is 370. The van der Waals surface area contributed by atoms with E-state index >= 15 is 0 Å². The fraction of sp³-hybridized carbons (Fsp3) is 0.692. The van der Waals surface area contributed by atoms with Gasteiger partial charge >= 0.3 is 0 Å². The van der Waals surface area contributed by atoms with E-state index in [4.69, 9.17) is 11.6 Å². The van der Waals surface area contributed by atoms with Crippen molar-refractivity contribution in [3.05, 3.63) is 11.2 Å². The monoisotopic (exact) mass is 270 g/mol. The van der Waals surface area contributed by atoms with E-state index in [1.807, 2.05) is 6.92 Å². The van der Waals surface area contributed by atoms with Crippen LogP contribution in [0.4, 0.5) is 11.8 Å². The van der Waals surface area contributed by atoms with Crippen LogP contribution in [0, 0.1) is 5.92 Å². The van der Waals surface area contributed by atoms with Gasteiger partial charge in [0.1, 0.15) is 5.02 Å². The van der Waals surface area contributed by atoms with E-state index in [1.165, 1.54) is 6.42 Å². The maximum Gasteiger partial charge on any atom is 0.224 e. The number of rotatable bonds is 7. The Morgan fingerprint density at radius 3 is 2.67 bits per heavy atom. The molecule has 0 aliphatic carbocycles. The molecule has 1 rings (SSSR count). The van der Waals surface area contributed by atoms with Crippen molar-refractivity contribution in [2.24, 2.45) is 5.92 Å². The molecule has 0 spiro atoms. The van der Waals surface area contributed by atoms with E-state index < -0.39 is 0 Å². The molecule has 0 radical (unpaired) electrons. The first-order valence-electron chi connectivity index (χ1n) is 6.59. The number of hydrogen-bond donors (Lipinski definition) is 2. The number of halogens is 1. The molecule has 4 nitrogen and oxygen atoms in total. The van der Waals surface area contributed by atoms with Gasteiger partial charge in [-0.1, -0.05) is 31.9 Å². The van der Waals surface area contributed by atoms with Gasteiger partial charge in [0.05, 0.1) is 6.20 Å². The molecular formula is C13H23ClN4. The molecular weight excluding hydrogens is 248 g/mol. The summed E-state index contributed by atoms with van der Waals surface area (Å²) >= 11 is 6.10. The molecule has 0 aliphatic rings. The molecule has 0 bridgehead atoms. The van der Waals surface area contributed by atoms with Gasteiger partial charge < -0.3 is 10.6 Å². The Kier molecular flexibility index (Phi) is 6.19. The number of nitrogens with zero attached hydrogens (tertiary/aromatic N) is 2. The number of anilines is 2. The summed E-state index contributed by atoms with van der Waals surface area (Å²) in [6.45, 7) is 9.42. The smallest absolute Gasteiger partial charge is 0.224 e. The lowest BCUT2D eigenvalue weighted by Crippen LogP contribution is -2.19. The third kappa shape index (κ3) is 4.69. The molecule has 102 valence electrons. The first-order valence-corrected chi connectivity index (χ1v) is 6.97. The molecule has 5 heteroatoms. The van der Waals surface area contributed by atoms with Crippen molar-refractivity contribution in [3.63, 3.8) is 0 Å². The Balaban J connectivity index is 2.67. The van der Waals surface area contributed by atoms with Gasteiger partial charge in [-0.2, -0.15) is 4.98 Å². The predicted molar refractivity (Wildman–Crippen MR) is 78.4 cm³/mol. The lowest BCUT2D eigenvalue weighted by atomic mass is 10.0. The quantitative estimate of drug-likeness (QED) is 0.791. The zero-order chi connectivity index (χ0) is 13.5. The minimum atomic E-state index is 0.349. The van der Waals surface area contributed by atoms with Crippen molar-refractivity contribution in [1.82, 2.24) is 9.97 Å². The van der Waals surface area contributed by atoms with Gasteiger partial charge in [-0.3, -0.25) is 0 Å². The lowest BCUT2D eigenvalue weighted by molar-refractivity contribution is 0.483. The molecule has 0 amide bonds. The average Bonchev–Trinajstić information content (AvgIpc) is 2.33. The van der Waals surface area contributed by atoms with E-state index in [0.717, 1.165) is 13.0 Å². The van der Waals surface area contributed by atoms with Gasteiger partial charge in [0.25, 0.3) is 0 Å². The zero-order valence-electron chi connectivity index (χ0n) is 11.6. The van der Waals surface area contributed by atoms with Crippen LogP contribution in [0.15, 0.2) is 6.20 Å². The minimum absolute atomic E-state index is 0.349. The summed E-state index contributed by atoms with van der Waals surface area (Å²) < 4.78 is 0. The molecule has 18 heavy (non-hydrogen) atoms. The summed E-state index contributed by atoms with van der Waals surface area (Å²) in [5.41, 5.74) is 0. The van der Waals surface area contributed by atoms with Crippen LogP contribution in [0.2, 0.25) is 5.02 Å². The molecule has 1 heterocycles. The lowest BCUT2D eigenvalue weighted by Gasteiger charge is -2.19. The van der Waals surface area contributed by atoms with Gasteiger partial charge in [-0.25, -0.2) is 4.98 Å². The van der Waals surface area contributed by atoms with Crippen LogP contribution in [0.3, 0.4) is 0 Å². The van der Waals surface area contributed by atoms with E-state index in [-0.39, 0.29) is 0 Å². The second-order valence-electron chi connectivity index (χ2n) is 4.71. The van der Waals surface area contributed by atoms with E-state index in [0.29, 0.717) is 28.7 Å². The number of nitrogens with one attached hydrogen (secondary N) is 2. The first-order chi connectivity index (χ1) is 8.56. The van der Waals surface area contributed by atoms with Crippen molar-refractivity contribution in [2.75, 3.05) is 17.2 Å². The standard InChI is InChI=1S/C13H23ClN4/c1-5-9(3)7-10(4)17-12-11(14)8-16-13(18-12)15-6-2/h8-10H,5-7H2,1-4H3,(H2,15,16,17,18). The van der Waals surface area contributed by atoms with Gasteiger partial charge in [0.15, 0.2) is 5.82 Å². The van der Waals surface area contributed by atoms with Crippen molar-refractivity contribution in [1.29, 1.82) is 0 Å². The molecule has 0 aromatic carbocycles. The Morgan fingerprint density at radius 2 is 2.06 bits per heavy atom. The topological polar surface area (TPSA) is 49.8 Å². The third-order valence-corrected chi connectivity index (χ3v) is 3.19. The first kappa shape index (κ1) is 15.0. The summed E-state index contributed by atoms with van der Waals surface area (Å²) in [6.07, 6.45) is 3.92. The van der Waals surface area contributed by atoms with Crippen LogP contribution in [-0.4, -0.2) is 22.6 Å². The maximum atomic E-state index is 6.10. The Morgan fingerprint density at radius 1 is 1.33 bits per heavy atom. The summed E-state index contributed by atoms with van der Waals surface area (Å²) in [4.78, 5) is 8.49. The normalized spacial score (nSPS) is 14.1. The van der Waals surface area contributed by atoms with Crippen LogP contribution in [0.5, 0.6) is 0 Å². The van der Waals surface area contributed by atoms with Crippen molar-refractivity contribution >= 4 is 23.4 Å². The molecule has 2 unspecified atom stereocenters. The molecule has 0 fully saturated rings.